The Bertz CT molecular complexity index is 320. The summed E-state index contributed by atoms with van der Waals surface area (Å²) < 4.78 is 6.00. The lowest BCUT2D eigenvalue weighted by atomic mass is 10.2. The number of rotatable bonds is 3. The van der Waals surface area contributed by atoms with Gasteiger partial charge in [-0.2, -0.15) is 0 Å². The van der Waals surface area contributed by atoms with Crippen LogP contribution in [0, 0.1) is 3.57 Å². The summed E-state index contributed by atoms with van der Waals surface area (Å²) in [7, 11) is 0. The summed E-state index contributed by atoms with van der Waals surface area (Å²) in [6.07, 6.45) is 1.16. The van der Waals surface area contributed by atoms with E-state index in [2.05, 4.69) is 29.2 Å². The molecule has 0 atom stereocenters. The van der Waals surface area contributed by atoms with Crippen LogP contribution < -0.4 is 0 Å². The third-order valence-electron chi connectivity index (χ3n) is 1.44. The fourth-order valence-corrected chi connectivity index (χ4v) is 1.45. The molecule has 0 aromatic heterocycles. The quantitative estimate of drug-likeness (QED) is 0.485. The third-order valence-corrected chi connectivity index (χ3v) is 2.11. The van der Waals surface area contributed by atoms with Crippen LogP contribution in [0.5, 0.6) is 0 Å². The lowest BCUT2D eigenvalue weighted by molar-refractivity contribution is -0.138. The maximum atomic E-state index is 10.7. The predicted molar refractivity (Wildman–Crippen MR) is 59.2 cm³/mol. The Hall–Kier alpha value is -0.840. The normalized spacial score (nSPS) is 9.31. The molecule has 0 saturated carbocycles. The Labute approximate surface area is 90.7 Å². The molecule has 0 heterocycles. The predicted octanol–water partition coefficient (Wildman–Crippen LogP) is 2.52. The van der Waals surface area contributed by atoms with E-state index in [1.54, 1.807) is 0 Å². The highest BCUT2D eigenvalue weighted by Gasteiger charge is 1.97. The van der Waals surface area contributed by atoms with Crippen LogP contribution in [0.25, 0.3) is 0 Å². The summed E-state index contributed by atoms with van der Waals surface area (Å²) in [6, 6.07) is 7.80. The van der Waals surface area contributed by atoms with Crippen molar-refractivity contribution in [2.75, 3.05) is 0 Å². The van der Waals surface area contributed by atoms with E-state index in [0.29, 0.717) is 6.61 Å². The molecule has 0 aliphatic carbocycles. The van der Waals surface area contributed by atoms with Crippen LogP contribution >= 0.6 is 22.6 Å². The van der Waals surface area contributed by atoms with Gasteiger partial charge < -0.3 is 4.74 Å². The number of hydrogen-bond donors (Lipinski definition) is 0. The van der Waals surface area contributed by atoms with E-state index < -0.39 is 0 Å². The molecular weight excluding hydrogens is 279 g/mol. The smallest absolute Gasteiger partial charge is 0.330 e. The van der Waals surface area contributed by atoms with Crippen LogP contribution in [0.15, 0.2) is 36.9 Å². The molecule has 0 N–H and O–H groups in total. The van der Waals surface area contributed by atoms with Gasteiger partial charge in [-0.25, -0.2) is 4.79 Å². The van der Waals surface area contributed by atoms with Gasteiger partial charge in [0, 0.05) is 9.65 Å². The maximum Gasteiger partial charge on any atom is 0.330 e. The van der Waals surface area contributed by atoms with E-state index in [4.69, 9.17) is 4.74 Å². The van der Waals surface area contributed by atoms with Gasteiger partial charge >= 0.3 is 5.97 Å². The molecule has 0 fully saturated rings. The molecule has 1 aromatic carbocycles. The van der Waals surface area contributed by atoms with Crippen molar-refractivity contribution < 1.29 is 9.53 Å². The molecule has 0 aliphatic rings. The molecule has 0 aliphatic heterocycles. The fraction of sp³-hybridized carbons (Fsp3) is 0.100. The summed E-state index contributed by atoms with van der Waals surface area (Å²) in [4.78, 5) is 10.7. The second-order valence-corrected chi connectivity index (χ2v) is 3.69. The number of esters is 1. The van der Waals surface area contributed by atoms with Gasteiger partial charge in [0.2, 0.25) is 0 Å². The van der Waals surface area contributed by atoms with Gasteiger partial charge in [-0.15, -0.1) is 0 Å². The molecule has 0 saturated heterocycles. The summed E-state index contributed by atoms with van der Waals surface area (Å²) in [5, 5.41) is 0. The fourth-order valence-electron chi connectivity index (χ4n) is 0.840. The van der Waals surface area contributed by atoms with Crippen LogP contribution in [0.4, 0.5) is 0 Å². The molecule has 3 heteroatoms. The number of halogens is 1. The van der Waals surface area contributed by atoms with Crippen LogP contribution in [0.2, 0.25) is 0 Å². The molecule has 1 aromatic rings. The van der Waals surface area contributed by atoms with Crippen LogP contribution in [-0.4, -0.2) is 5.97 Å². The highest BCUT2D eigenvalue weighted by molar-refractivity contribution is 14.1. The van der Waals surface area contributed by atoms with E-state index in [9.17, 15) is 4.79 Å². The molecular formula is C10H9IO2. The van der Waals surface area contributed by atoms with E-state index >= 15 is 0 Å². The SMILES string of the molecule is C=CC(=O)OCc1cccc(I)c1. The molecule has 0 bridgehead atoms. The minimum atomic E-state index is -0.390. The van der Waals surface area contributed by atoms with Crippen LogP contribution in [0.3, 0.4) is 0 Å². The van der Waals surface area contributed by atoms with Gasteiger partial charge in [0.05, 0.1) is 0 Å². The first-order valence-corrected chi connectivity index (χ1v) is 4.84. The summed E-state index contributed by atoms with van der Waals surface area (Å²) in [5.74, 6) is -0.390. The highest BCUT2D eigenvalue weighted by Crippen LogP contribution is 2.08. The van der Waals surface area contributed by atoms with Crippen molar-refractivity contribution in [1.29, 1.82) is 0 Å². The van der Waals surface area contributed by atoms with Crippen LogP contribution in [0.1, 0.15) is 5.56 Å². The Morgan fingerprint density at radius 2 is 2.38 bits per heavy atom. The van der Waals surface area contributed by atoms with Crippen molar-refractivity contribution in [2.24, 2.45) is 0 Å². The van der Waals surface area contributed by atoms with Gasteiger partial charge in [-0.3, -0.25) is 0 Å². The first-order chi connectivity index (χ1) is 6.22. The summed E-state index contributed by atoms with van der Waals surface area (Å²) in [5.41, 5.74) is 0.988. The van der Waals surface area contributed by atoms with Crippen molar-refractivity contribution in [3.05, 3.63) is 46.1 Å². The first-order valence-electron chi connectivity index (χ1n) is 3.76. The molecule has 0 spiro atoms. The second-order valence-electron chi connectivity index (χ2n) is 2.44. The molecule has 1 rings (SSSR count). The zero-order valence-electron chi connectivity index (χ0n) is 7.00. The highest BCUT2D eigenvalue weighted by atomic mass is 127. The van der Waals surface area contributed by atoms with Crippen LogP contribution in [-0.2, 0) is 16.1 Å². The second kappa shape index (κ2) is 5.01. The number of benzene rings is 1. The lowest BCUT2D eigenvalue weighted by Gasteiger charge is -2.01. The average Bonchev–Trinajstić information content (AvgIpc) is 2.14. The number of hydrogen-bond acceptors (Lipinski definition) is 2. The van der Waals surface area contributed by atoms with Gasteiger partial charge in [-0.05, 0) is 40.3 Å². The largest absolute Gasteiger partial charge is 0.458 e. The number of carbonyl (C=O) groups is 1. The number of carbonyl (C=O) groups excluding carboxylic acids is 1. The molecule has 13 heavy (non-hydrogen) atoms. The average molecular weight is 288 g/mol. The monoisotopic (exact) mass is 288 g/mol. The van der Waals surface area contributed by atoms with Gasteiger partial charge in [0.1, 0.15) is 6.61 Å². The number of ether oxygens (including phenoxy) is 1. The van der Waals surface area contributed by atoms with E-state index in [1.807, 2.05) is 24.3 Å². The molecule has 0 radical (unpaired) electrons. The van der Waals surface area contributed by atoms with E-state index in [0.717, 1.165) is 15.2 Å². The summed E-state index contributed by atoms with van der Waals surface area (Å²) >= 11 is 2.21. The van der Waals surface area contributed by atoms with Gasteiger partial charge in [0.25, 0.3) is 0 Å². The Morgan fingerprint density at radius 1 is 1.62 bits per heavy atom. The van der Waals surface area contributed by atoms with Crippen molar-refractivity contribution in [1.82, 2.24) is 0 Å². The third kappa shape index (κ3) is 3.59. The first kappa shape index (κ1) is 10.2. The van der Waals surface area contributed by atoms with Crippen molar-refractivity contribution >= 4 is 28.6 Å². The molecule has 68 valence electrons. The Balaban J connectivity index is 2.54. The van der Waals surface area contributed by atoms with Gasteiger partial charge in [-0.1, -0.05) is 18.7 Å². The Morgan fingerprint density at radius 3 is 3.00 bits per heavy atom. The molecule has 0 unspecified atom stereocenters. The zero-order valence-corrected chi connectivity index (χ0v) is 9.15. The maximum absolute atomic E-state index is 10.7. The van der Waals surface area contributed by atoms with Crippen molar-refractivity contribution in [3.63, 3.8) is 0 Å². The minimum Gasteiger partial charge on any atom is -0.458 e. The van der Waals surface area contributed by atoms with Crippen molar-refractivity contribution in [2.45, 2.75) is 6.61 Å². The lowest BCUT2D eigenvalue weighted by Crippen LogP contribution is -2.00. The van der Waals surface area contributed by atoms with Crippen molar-refractivity contribution in [3.8, 4) is 0 Å². The van der Waals surface area contributed by atoms with E-state index in [1.165, 1.54) is 0 Å². The van der Waals surface area contributed by atoms with E-state index in [-0.39, 0.29) is 5.97 Å². The Kier molecular flexibility index (Phi) is 3.95. The topological polar surface area (TPSA) is 26.3 Å². The summed E-state index contributed by atoms with van der Waals surface area (Å²) in [6.45, 7) is 3.62. The molecule has 0 amide bonds. The molecule has 2 nitrogen and oxygen atoms in total. The minimum absolute atomic E-state index is 0.307. The standard InChI is InChI=1S/C10H9IO2/c1-2-10(12)13-7-8-4-3-5-9(11)6-8/h2-6H,1,7H2. The van der Waals surface area contributed by atoms with Gasteiger partial charge in [0.15, 0.2) is 0 Å². The zero-order chi connectivity index (χ0) is 9.68.